The maximum atomic E-state index is 11.8. The van der Waals surface area contributed by atoms with Crippen molar-refractivity contribution in [1.29, 1.82) is 0 Å². The highest BCUT2D eigenvalue weighted by Gasteiger charge is 2.17. The molecule has 17 heavy (non-hydrogen) atoms. The number of nitrogens with one attached hydrogen (secondary N) is 1. The number of nitrogens with zero attached hydrogens (tertiary/aromatic N) is 2. The summed E-state index contributed by atoms with van der Waals surface area (Å²) in [5, 5.41) is 19.3. The number of carbonyl (C=O) groups is 1. The van der Waals surface area contributed by atoms with Crippen molar-refractivity contribution in [2.75, 3.05) is 6.61 Å². The van der Waals surface area contributed by atoms with Crippen LogP contribution in [0.2, 0.25) is 5.15 Å². The maximum Gasteiger partial charge on any atom is 0.272 e. The SMILES string of the molecule is CC(C)C(CCO)NC(=O)c1ccc(Cl)nn1. The average molecular weight is 258 g/mol. The molecule has 5 nitrogen and oxygen atoms in total. The summed E-state index contributed by atoms with van der Waals surface area (Å²) < 4.78 is 0. The van der Waals surface area contributed by atoms with Gasteiger partial charge < -0.3 is 10.4 Å². The van der Waals surface area contributed by atoms with Gasteiger partial charge in [-0.3, -0.25) is 4.79 Å². The molecule has 1 amide bonds. The fraction of sp³-hybridized carbons (Fsp3) is 0.545. The summed E-state index contributed by atoms with van der Waals surface area (Å²) in [6.07, 6.45) is 0.518. The molecule has 0 fully saturated rings. The van der Waals surface area contributed by atoms with E-state index in [1.165, 1.54) is 12.1 Å². The van der Waals surface area contributed by atoms with E-state index in [4.69, 9.17) is 16.7 Å². The molecule has 0 bridgehead atoms. The molecule has 0 saturated carbocycles. The van der Waals surface area contributed by atoms with Crippen LogP contribution in [0, 0.1) is 5.92 Å². The van der Waals surface area contributed by atoms with Crippen molar-refractivity contribution in [1.82, 2.24) is 15.5 Å². The minimum absolute atomic E-state index is 0.0371. The second kappa shape index (κ2) is 6.51. The molecular formula is C11H16ClN3O2. The zero-order valence-electron chi connectivity index (χ0n) is 9.85. The molecule has 0 aliphatic rings. The lowest BCUT2D eigenvalue weighted by Gasteiger charge is -2.21. The Kier molecular flexibility index (Phi) is 5.31. The number of rotatable bonds is 5. The molecule has 0 saturated heterocycles. The second-order valence-corrected chi connectivity index (χ2v) is 4.46. The molecule has 2 N–H and O–H groups in total. The molecule has 0 aromatic carbocycles. The van der Waals surface area contributed by atoms with Crippen LogP contribution in [-0.2, 0) is 0 Å². The number of hydrogen-bond acceptors (Lipinski definition) is 4. The molecule has 0 aliphatic carbocycles. The highest BCUT2D eigenvalue weighted by atomic mass is 35.5. The van der Waals surface area contributed by atoms with E-state index >= 15 is 0 Å². The Morgan fingerprint density at radius 2 is 2.18 bits per heavy atom. The van der Waals surface area contributed by atoms with Gasteiger partial charge in [-0.25, -0.2) is 0 Å². The summed E-state index contributed by atoms with van der Waals surface area (Å²) in [6, 6.07) is 2.95. The van der Waals surface area contributed by atoms with E-state index in [-0.39, 0.29) is 35.3 Å². The van der Waals surface area contributed by atoms with Crippen LogP contribution < -0.4 is 5.32 Å². The van der Waals surface area contributed by atoms with Gasteiger partial charge in [-0.05, 0) is 24.5 Å². The van der Waals surface area contributed by atoms with E-state index in [0.29, 0.717) is 6.42 Å². The average Bonchev–Trinajstić information content (AvgIpc) is 2.29. The fourth-order valence-electron chi connectivity index (χ4n) is 1.39. The van der Waals surface area contributed by atoms with Crippen molar-refractivity contribution in [3.63, 3.8) is 0 Å². The van der Waals surface area contributed by atoms with Crippen molar-refractivity contribution in [2.24, 2.45) is 5.92 Å². The largest absolute Gasteiger partial charge is 0.396 e. The summed E-state index contributed by atoms with van der Waals surface area (Å²) in [7, 11) is 0. The first kappa shape index (κ1) is 13.9. The van der Waals surface area contributed by atoms with Gasteiger partial charge in [0.25, 0.3) is 5.91 Å². The Balaban J connectivity index is 2.66. The minimum Gasteiger partial charge on any atom is -0.396 e. The zero-order valence-corrected chi connectivity index (χ0v) is 10.6. The number of hydrogen-bond donors (Lipinski definition) is 2. The van der Waals surface area contributed by atoms with Crippen LogP contribution >= 0.6 is 11.6 Å². The zero-order chi connectivity index (χ0) is 12.8. The van der Waals surface area contributed by atoms with Gasteiger partial charge in [0, 0.05) is 12.6 Å². The summed E-state index contributed by atoms with van der Waals surface area (Å²) in [6.45, 7) is 4.00. The van der Waals surface area contributed by atoms with E-state index < -0.39 is 0 Å². The topological polar surface area (TPSA) is 75.1 Å². The maximum absolute atomic E-state index is 11.8. The highest BCUT2D eigenvalue weighted by molar-refractivity contribution is 6.29. The first-order valence-corrected chi connectivity index (χ1v) is 5.83. The number of aromatic nitrogens is 2. The lowest BCUT2D eigenvalue weighted by atomic mass is 10.0. The summed E-state index contributed by atoms with van der Waals surface area (Å²) in [5.41, 5.74) is 0.220. The van der Waals surface area contributed by atoms with Gasteiger partial charge in [0.2, 0.25) is 0 Å². The third kappa shape index (κ3) is 4.28. The van der Waals surface area contributed by atoms with Gasteiger partial charge in [-0.2, -0.15) is 0 Å². The van der Waals surface area contributed by atoms with Gasteiger partial charge >= 0.3 is 0 Å². The van der Waals surface area contributed by atoms with Gasteiger partial charge in [0.05, 0.1) is 0 Å². The molecule has 1 heterocycles. The van der Waals surface area contributed by atoms with E-state index in [1.807, 2.05) is 13.8 Å². The van der Waals surface area contributed by atoms with E-state index in [1.54, 1.807) is 0 Å². The minimum atomic E-state index is -0.304. The van der Waals surface area contributed by atoms with Crippen LogP contribution in [0.4, 0.5) is 0 Å². The van der Waals surface area contributed by atoms with Crippen LogP contribution in [0.3, 0.4) is 0 Å². The molecule has 1 unspecified atom stereocenters. The third-order valence-corrected chi connectivity index (χ3v) is 2.63. The smallest absolute Gasteiger partial charge is 0.272 e. The van der Waals surface area contributed by atoms with Crippen LogP contribution in [0.5, 0.6) is 0 Å². The first-order valence-electron chi connectivity index (χ1n) is 5.45. The normalized spacial score (nSPS) is 12.5. The summed E-state index contributed by atoms with van der Waals surface area (Å²) in [4.78, 5) is 11.8. The van der Waals surface area contributed by atoms with Crippen molar-refractivity contribution in [3.8, 4) is 0 Å². The van der Waals surface area contributed by atoms with E-state index in [2.05, 4.69) is 15.5 Å². The van der Waals surface area contributed by atoms with Gasteiger partial charge in [0.1, 0.15) is 0 Å². The number of aliphatic hydroxyl groups excluding tert-OH is 1. The van der Waals surface area contributed by atoms with Gasteiger partial charge in [0.15, 0.2) is 10.8 Å². The molecule has 1 aromatic heterocycles. The molecule has 1 rings (SSSR count). The molecule has 0 spiro atoms. The monoisotopic (exact) mass is 257 g/mol. The Morgan fingerprint density at radius 1 is 1.47 bits per heavy atom. The predicted molar refractivity (Wildman–Crippen MR) is 64.8 cm³/mol. The molecule has 0 radical (unpaired) electrons. The van der Waals surface area contributed by atoms with Crippen LogP contribution in [-0.4, -0.2) is 33.9 Å². The molecular weight excluding hydrogens is 242 g/mol. The predicted octanol–water partition coefficient (Wildman–Crippen LogP) is 1.27. The Labute approximate surface area is 105 Å². The molecule has 0 aliphatic heterocycles. The van der Waals surface area contributed by atoms with Crippen molar-refractivity contribution >= 4 is 17.5 Å². The Bertz CT molecular complexity index is 367. The molecule has 94 valence electrons. The lowest BCUT2D eigenvalue weighted by molar-refractivity contribution is 0.0910. The van der Waals surface area contributed by atoms with E-state index in [0.717, 1.165) is 0 Å². The summed E-state index contributed by atoms with van der Waals surface area (Å²) >= 11 is 5.58. The molecule has 6 heteroatoms. The number of aliphatic hydroxyl groups is 1. The molecule has 1 aromatic rings. The summed E-state index contributed by atoms with van der Waals surface area (Å²) in [5.74, 6) is -0.0623. The quantitative estimate of drug-likeness (QED) is 0.833. The van der Waals surface area contributed by atoms with Crippen LogP contribution in [0.1, 0.15) is 30.8 Å². The number of halogens is 1. The Morgan fingerprint density at radius 3 is 2.65 bits per heavy atom. The van der Waals surface area contributed by atoms with E-state index in [9.17, 15) is 4.79 Å². The van der Waals surface area contributed by atoms with Crippen molar-refractivity contribution < 1.29 is 9.90 Å². The molecule has 1 atom stereocenters. The van der Waals surface area contributed by atoms with Crippen LogP contribution in [0.25, 0.3) is 0 Å². The lowest BCUT2D eigenvalue weighted by Crippen LogP contribution is -2.39. The third-order valence-electron chi connectivity index (χ3n) is 2.43. The number of amides is 1. The van der Waals surface area contributed by atoms with Crippen molar-refractivity contribution in [3.05, 3.63) is 23.0 Å². The second-order valence-electron chi connectivity index (χ2n) is 4.08. The number of carbonyl (C=O) groups excluding carboxylic acids is 1. The highest BCUT2D eigenvalue weighted by Crippen LogP contribution is 2.07. The van der Waals surface area contributed by atoms with Gasteiger partial charge in [-0.15, -0.1) is 10.2 Å². The Hall–Kier alpha value is -1.20. The van der Waals surface area contributed by atoms with Crippen molar-refractivity contribution in [2.45, 2.75) is 26.3 Å². The van der Waals surface area contributed by atoms with Crippen LogP contribution in [0.15, 0.2) is 12.1 Å². The standard InChI is InChI=1S/C11H16ClN3O2/c1-7(2)8(5-6-16)13-11(17)9-3-4-10(12)15-14-9/h3-4,7-8,16H,5-6H2,1-2H3,(H,13,17). The first-order chi connectivity index (χ1) is 8.04. The van der Waals surface area contributed by atoms with Gasteiger partial charge in [-0.1, -0.05) is 25.4 Å². The fourth-order valence-corrected chi connectivity index (χ4v) is 1.49.